The Hall–Kier alpha value is -0.220. The molecular weight excluding hydrogens is 186 g/mol. The third kappa shape index (κ3) is 4.33. The predicted molar refractivity (Wildman–Crippen MR) is 53.7 cm³/mol. The fraction of sp³-hybridized carbons (Fsp3) is 1.00. The van der Waals surface area contributed by atoms with Gasteiger partial charge in [0.05, 0.1) is 6.54 Å². The van der Waals surface area contributed by atoms with Crippen molar-refractivity contribution in [3.63, 3.8) is 0 Å². The lowest BCUT2D eigenvalue weighted by Gasteiger charge is -2.31. The monoisotopic (exact) mass is 206 g/mol. The first-order valence-electron chi connectivity index (χ1n) is 5.28. The molecule has 0 aliphatic carbocycles. The lowest BCUT2D eigenvalue weighted by molar-refractivity contribution is 0.0885. The Bertz CT molecular complexity index is 164. The lowest BCUT2D eigenvalue weighted by Crippen LogP contribution is -2.40. The molecule has 2 nitrogen and oxygen atoms in total. The van der Waals surface area contributed by atoms with Crippen molar-refractivity contribution in [2.75, 3.05) is 26.7 Å². The first-order valence-corrected chi connectivity index (χ1v) is 5.28. The first kappa shape index (κ1) is 11.9. The van der Waals surface area contributed by atoms with Crippen LogP contribution in [0.1, 0.15) is 19.8 Å². The molecule has 2 unspecified atom stereocenters. The maximum Gasteiger partial charge on any atom is 0.251 e. The standard InChI is InChI=1S/C10H20F2N2/c1-8-5-9(3-4-13-8)6-14(2)7-10(11)12/h8-10,13H,3-7H2,1-2H3. The van der Waals surface area contributed by atoms with Crippen LogP contribution in [0.4, 0.5) is 8.78 Å². The normalized spacial score (nSPS) is 28.7. The van der Waals surface area contributed by atoms with Gasteiger partial charge in [-0.2, -0.15) is 0 Å². The van der Waals surface area contributed by atoms with Crippen molar-refractivity contribution in [1.29, 1.82) is 0 Å². The van der Waals surface area contributed by atoms with Crippen LogP contribution in [-0.4, -0.2) is 44.0 Å². The number of hydrogen-bond donors (Lipinski definition) is 1. The van der Waals surface area contributed by atoms with Gasteiger partial charge in [-0.05, 0) is 39.3 Å². The number of piperidine rings is 1. The van der Waals surface area contributed by atoms with Gasteiger partial charge in [-0.25, -0.2) is 8.78 Å². The molecule has 0 saturated carbocycles. The highest BCUT2D eigenvalue weighted by atomic mass is 19.3. The minimum Gasteiger partial charge on any atom is -0.314 e. The molecule has 0 aromatic heterocycles. The van der Waals surface area contributed by atoms with Crippen LogP contribution in [0.2, 0.25) is 0 Å². The minimum atomic E-state index is -2.21. The van der Waals surface area contributed by atoms with Crippen LogP contribution < -0.4 is 5.32 Å². The molecule has 14 heavy (non-hydrogen) atoms. The number of alkyl halides is 2. The summed E-state index contributed by atoms with van der Waals surface area (Å²) in [5.74, 6) is 0.579. The van der Waals surface area contributed by atoms with E-state index in [4.69, 9.17) is 0 Å². The van der Waals surface area contributed by atoms with Crippen LogP contribution in [0.3, 0.4) is 0 Å². The molecule has 1 aliphatic rings. The van der Waals surface area contributed by atoms with Crippen molar-refractivity contribution >= 4 is 0 Å². The van der Waals surface area contributed by atoms with Crippen LogP contribution in [0.5, 0.6) is 0 Å². The SMILES string of the molecule is CC1CC(CN(C)CC(F)F)CCN1. The largest absolute Gasteiger partial charge is 0.314 e. The zero-order valence-corrected chi connectivity index (χ0v) is 8.97. The second-order valence-electron chi connectivity index (χ2n) is 4.36. The number of hydrogen-bond acceptors (Lipinski definition) is 2. The molecule has 1 heterocycles. The molecule has 0 amide bonds. The van der Waals surface area contributed by atoms with Crippen LogP contribution in [0.25, 0.3) is 0 Å². The highest BCUT2D eigenvalue weighted by molar-refractivity contribution is 4.76. The Kier molecular flexibility index (Phi) is 4.75. The van der Waals surface area contributed by atoms with Crippen LogP contribution in [-0.2, 0) is 0 Å². The molecule has 0 spiro atoms. The van der Waals surface area contributed by atoms with Crippen LogP contribution in [0, 0.1) is 5.92 Å². The van der Waals surface area contributed by atoms with E-state index in [9.17, 15) is 8.78 Å². The molecule has 2 atom stereocenters. The Morgan fingerprint density at radius 2 is 2.21 bits per heavy atom. The molecule has 0 radical (unpaired) electrons. The summed E-state index contributed by atoms with van der Waals surface area (Å²) in [4.78, 5) is 1.74. The molecule has 0 aromatic rings. The van der Waals surface area contributed by atoms with Crippen molar-refractivity contribution in [1.82, 2.24) is 10.2 Å². The molecule has 1 saturated heterocycles. The van der Waals surface area contributed by atoms with Gasteiger partial charge < -0.3 is 10.2 Å². The summed E-state index contributed by atoms with van der Waals surface area (Å²) in [5.41, 5.74) is 0. The van der Waals surface area contributed by atoms with Crippen molar-refractivity contribution in [2.45, 2.75) is 32.2 Å². The van der Waals surface area contributed by atoms with Gasteiger partial charge in [0.1, 0.15) is 0 Å². The summed E-state index contributed by atoms with van der Waals surface area (Å²) in [6.07, 6.45) is 0.00466. The average molecular weight is 206 g/mol. The maximum absolute atomic E-state index is 12.1. The Morgan fingerprint density at radius 3 is 2.79 bits per heavy atom. The van der Waals surface area contributed by atoms with Gasteiger partial charge in [-0.1, -0.05) is 0 Å². The van der Waals surface area contributed by atoms with E-state index in [2.05, 4.69) is 12.2 Å². The van der Waals surface area contributed by atoms with Gasteiger partial charge in [-0.3, -0.25) is 0 Å². The van der Waals surface area contributed by atoms with Crippen molar-refractivity contribution in [3.8, 4) is 0 Å². The second-order valence-corrected chi connectivity index (χ2v) is 4.36. The Morgan fingerprint density at radius 1 is 1.50 bits per heavy atom. The van der Waals surface area contributed by atoms with Gasteiger partial charge in [0.2, 0.25) is 0 Å². The van der Waals surface area contributed by atoms with E-state index in [-0.39, 0.29) is 6.54 Å². The van der Waals surface area contributed by atoms with Crippen molar-refractivity contribution in [3.05, 3.63) is 0 Å². The molecular formula is C10H20F2N2. The topological polar surface area (TPSA) is 15.3 Å². The summed E-state index contributed by atoms with van der Waals surface area (Å²) in [6, 6.07) is 0.536. The van der Waals surface area contributed by atoms with E-state index in [1.807, 2.05) is 0 Å². The van der Waals surface area contributed by atoms with E-state index >= 15 is 0 Å². The number of rotatable bonds is 4. The molecule has 1 N–H and O–H groups in total. The highest BCUT2D eigenvalue weighted by Crippen LogP contribution is 2.17. The fourth-order valence-corrected chi connectivity index (χ4v) is 2.15. The van der Waals surface area contributed by atoms with Crippen molar-refractivity contribution < 1.29 is 8.78 Å². The molecule has 84 valence electrons. The number of nitrogens with one attached hydrogen (secondary N) is 1. The quantitative estimate of drug-likeness (QED) is 0.751. The fourth-order valence-electron chi connectivity index (χ4n) is 2.15. The molecule has 1 aliphatic heterocycles. The highest BCUT2D eigenvalue weighted by Gasteiger charge is 2.20. The zero-order valence-electron chi connectivity index (χ0n) is 8.97. The van der Waals surface area contributed by atoms with Gasteiger partial charge in [0.25, 0.3) is 6.43 Å². The molecule has 4 heteroatoms. The summed E-state index contributed by atoms with van der Waals surface area (Å²) in [7, 11) is 1.78. The Balaban J connectivity index is 2.21. The average Bonchev–Trinajstić information content (AvgIpc) is 2.01. The maximum atomic E-state index is 12.1. The van der Waals surface area contributed by atoms with E-state index in [0.29, 0.717) is 12.0 Å². The summed E-state index contributed by atoms with van der Waals surface area (Å²) in [5, 5.41) is 3.36. The predicted octanol–water partition coefficient (Wildman–Crippen LogP) is 1.57. The van der Waals surface area contributed by atoms with Crippen LogP contribution >= 0.6 is 0 Å². The summed E-state index contributed by atoms with van der Waals surface area (Å²) >= 11 is 0. The van der Waals surface area contributed by atoms with E-state index in [1.165, 1.54) is 0 Å². The number of halogens is 2. The van der Waals surface area contributed by atoms with Gasteiger partial charge >= 0.3 is 0 Å². The third-order valence-electron chi connectivity index (χ3n) is 2.75. The molecule has 1 fully saturated rings. The lowest BCUT2D eigenvalue weighted by atomic mass is 9.93. The number of nitrogens with zero attached hydrogens (tertiary/aromatic N) is 1. The molecule has 0 bridgehead atoms. The zero-order chi connectivity index (χ0) is 10.6. The minimum absolute atomic E-state index is 0.0989. The smallest absolute Gasteiger partial charge is 0.251 e. The van der Waals surface area contributed by atoms with Gasteiger partial charge in [0, 0.05) is 12.6 Å². The van der Waals surface area contributed by atoms with Gasteiger partial charge in [-0.15, -0.1) is 0 Å². The third-order valence-corrected chi connectivity index (χ3v) is 2.75. The van der Waals surface area contributed by atoms with E-state index < -0.39 is 6.43 Å². The van der Waals surface area contributed by atoms with E-state index in [1.54, 1.807) is 11.9 Å². The molecule has 1 rings (SSSR count). The summed E-state index contributed by atoms with van der Waals surface area (Å²) in [6.45, 7) is 3.88. The van der Waals surface area contributed by atoms with E-state index in [0.717, 1.165) is 25.9 Å². The Labute approximate surface area is 84.7 Å². The second kappa shape index (κ2) is 5.61. The van der Waals surface area contributed by atoms with Crippen LogP contribution in [0.15, 0.2) is 0 Å². The summed E-state index contributed by atoms with van der Waals surface area (Å²) < 4.78 is 24.1. The molecule has 0 aromatic carbocycles. The first-order chi connectivity index (χ1) is 6.58. The van der Waals surface area contributed by atoms with Crippen molar-refractivity contribution in [2.24, 2.45) is 5.92 Å². The van der Waals surface area contributed by atoms with Gasteiger partial charge in [0.15, 0.2) is 0 Å².